The Balaban J connectivity index is 3.68. The van der Waals surface area contributed by atoms with E-state index in [-0.39, 0.29) is 5.96 Å². The number of aliphatic imine (C=N–C) groups is 1. The summed E-state index contributed by atoms with van der Waals surface area (Å²) in [5, 5.41) is 0. The Hall–Kier alpha value is -0.810. The van der Waals surface area contributed by atoms with Gasteiger partial charge in [0.15, 0.2) is 0 Å². The molecule has 0 radical (unpaired) electrons. The molecule has 0 aliphatic rings. The van der Waals surface area contributed by atoms with Crippen molar-refractivity contribution in [3.05, 3.63) is 0 Å². The maximum atomic E-state index is 5.32. The Morgan fingerprint density at radius 3 is 2.55 bits per heavy atom. The fraction of sp³-hybridized carbons (Fsp3) is 0.833. The number of nitrogens with two attached hydrogens (primary N) is 2. The maximum Gasteiger partial charge on any atom is 0.203 e. The molecule has 0 amide bonds. The first-order valence-corrected chi connectivity index (χ1v) is 3.51. The molecule has 1 atom stereocenters. The zero-order valence-corrected chi connectivity index (χ0v) is 7.33. The van der Waals surface area contributed by atoms with Gasteiger partial charge in [-0.2, -0.15) is 0 Å². The molecule has 66 valence electrons. The third-order valence-electron chi connectivity index (χ3n) is 1.56. The highest BCUT2D eigenvalue weighted by Crippen LogP contribution is 1.90. The van der Waals surface area contributed by atoms with Gasteiger partial charge in [0.25, 0.3) is 0 Å². The van der Waals surface area contributed by atoms with Crippen LogP contribution in [-0.4, -0.2) is 37.5 Å². The van der Waals surface area contributed by atoms with Crippen molar-refractivity contribution in [3.63, 3.8) is 0 Å². The minimum Gasteiger partial charge on any atom is -0.369 e. The molecule has 5 N–H and O–H groups in total. The quantitative estimate of drug-likeness (QED) is 0.207. The van der Waals surface area contributed by atoms with Crippen LogP contribution in [0.2, 0.25) is 0 Å². The van der Waals surface area contributed by atoms with Crippen molar-refractivity contribution >= 4 is 5.96 Å². The van der Waals surface area contributed by atoms with Gasteiger partial charge in [-0.1, -0.05) is 0 Å². The van der Waals surface area contributed by atoms with E-state index in [1.165, 1.54) is 0 Å². The Kier molecular flexibility index (Phi) is 4.56. The van der Waals surface area contributed by atoms with Crippen LogP contribution in [0.4, 0.5) is 0 Å². The van der Waals surface area contributed by atoms with Crippen LogP contribution in [0, 0.1) is 0 Å². The van der Waals surface area contributed by atoms with Crippen LogP contribution in [0.1, 0.15) is 6.92 Å². The molecule has 0 aliphatic heterocycles. The third-order valence-corrected chi connectivity index (χ3v) is 1.56. The van der Waals surface area contributed by atoms with Crippen molar-refractivity contribution in [1.82, 2.24) is 10.3 Å². The summed E-state index contributed by atoms with van der Waals surface area (Å²) in [7, 11) is 3.98. The number of hydrazine groups is 1. The van der Waals surface area contributed by atoms with Crippen molar-refractivity contribution < 1.29 is 0 Å². The fourth-order valence-corrected chi connectivity index (χ4v) is 0.439. The number of nitrogens with zero attached hydrogens (tertiary/aromatic N) is 2. The Labute approximate surface area is 67.4 Å². The van der Waals surface area contributed by atoms with E-state index in [0.717, 1.165) is 0 Å². The standard InChI is InChI=1S/C6H17N5/c1-5(11(2)3)4-9-6(7)10-8/h5H,4,8H2,1-3H3,(H3,7,9,10). The molecule has 11 heavy (non-hydrogen) atoms. The largest absolute Gasteiger partial charge is 0.369 e. The van der Waals surface area contributed by atoms with Crippen molar-refractivity contribution in [1.29, 1.82) is 0 Å². The molecule has 0 saturated carbocycles. The SMILES string of the molecule is CC(CN=C(N)NN)N(C)C. The number of likely N-dealkylation sites (N-methyl/N-ethyl adjacent to an activating group) is 1. The van der Waals surface area contributed by atoms with Crippen molar-refractivity contribution in [2.24, 2.45) is 16.6 Å². The molecule has 5 nitrogen and oxygen atoms in total. The molecule has 0 bridgehead atoms. The second kappa shape index (κ2) is 4.92. The Bertz CT molecular complexity index is 131. The first-order chi connectivity index (χ1) is 5.07. The molecule has 0 rings (SSSR count). The lowest BCUT2D eigenvalue weighted by molar-refractivity contribution is 0.321. The van der Waals surface area contributed by atoms with Gasteiger partial charge < -0.3 is 10.6 Å². The Morgan fingerprint density at radius 2 is 2.18 bits per heavy atom. The van der Waals surface area contributed by atoms with Gasteiger partial charge in [-0.3, -0.25) is 10.4 Å². The minimum absolute atomic E-state index is 0.277. The van der Waals surface area contributed by atoms with Gasteiger partial charge in [0, 0.05) is 6.04 Å². The first kappa shape index (κ1) is 10.2. The van der Waals surface area contributed by atoms with Gasteiger partial charge in [0.1, 0.15) is 0 Å². The van der Waals surface area contributed by atoms with E-state index in [9.17, 15) is 0 Å². The monoisotopic (exact) mass is 159 g/mol. The molecule has 1 unspecified atom stereocenters. The summed E-state index contributed by atoms with van der Waals surface area (Å²) in [4.78, 5) is 6.04. The molecule has 0 aromatic heterocycles. The van der Waals surface area contributed by atoms with E-state index in [1.54, 1.807) is 0 Å². The first-order valence-electron chi connectivity index (χ1n) is 3.51. The second-order valence-corrected chi connectivity index (χ2v) is 2.68. The Morgan fingerprint density at radius 1 is 1.64 bits per heavy atom. The van der Waals surface area contributed by atoms with Crippen LogP contribution in [0.5, 0.6) is 0 Å². The smallest absolute Gasteiger partial charge is 0.203 e. The lowest BCUT2D eigenvalue weighted by Crippen LogP contribution is -2.38. The summed E-state index contributed by atoms with van der Waals surface area (Å²) in [6, 6.07) is 0.377. The van der Waals surface area contributed by atoms with Gasteiger partial charge in [-0.25, -0.2) is 5.84 Å². The lowest BCUT2D eigenvalue weighted by atomic mass is 10.3. The second-order valence-electron chi connectivity index (χ2n) is 2.68. The van der Waals surface area contributed by atoms with Gasteiger partial charge >= 0.3 is 0 Å². The summed E-state index contributed by atoms with van der Waals surface area (Å²) < 4.78 is 0. The molecule has 5 heteroatoms. The van der Waals surface area contributed by atoms with E-state index >= 15 is 0 Å². The fourth-order valence-electron chi connectivity index (χ4n) is 0.439. The maximum absolute atomic E-state index is 5.32. The third kappa shape index (κ3) is 4.58. The number of hydrogen-bond acceptors (Lipinski definition) is 3. The molecule has 0 saturated heterocycles. The normalized spacial score (nSPS) is 15.2. The molecule has 0 aromatic carbocycles. The lowest BCUT2D eigenvalue weighted by Gasteiger charge is -2.17. The average molecular weight is 159 g/mol. The number of nitrogens with one attached hydrogen (secondary N) is 1. The highest BCUT2D eigenvalue weighted by atomic mass is 15.3. The van der Waals surface area contributed by atoms with E-state index in [1.807, 2.05) is 14.1 Å². The molecule has 0 aliphatic carbocycles. The molecule has 0 fully saturated rings. The molecule has 0 heterocycles. The summed E-state index contributed by atoms with van der Waals surface area (Å²) in [5.41, 5.74) is 7.59. The van der Waals surface area contributed by atoms with Crippen LogP contribution >= 0.6 is 0 Å². The number of guanidine groups is 1. The highest BCUT2D eigenvalue weighted by molar-refractivity contribution is 5.77. The van der Waals surface area contributed by atoms with Crippen molar-refractivity contribution in [3.8, 4) is 0 Å². The summed E-state index contributed by atoms with van der Waals surface area (Å²) in [6.07, 6.45) is 0. The molecular weight excluding hydrogens is 142 g/mol. The molecule has 0 spiro atoms. The van der Waals surface area contributed by atoms with Gasteiger partial charge in [-0.05, 0) is 21.0 Å². The minimum atomic E-state index is 0.277. The zero-order chi connectivity index (χ0) is 8.85. The van der Waals surface area contributed by atoms with Crippen LogP contribution in [0.3, 0.4) is 0 Å². The summed E-state index contributed by atoms with van der Waals surface area (Å²) in [6.45, 7) is 2.72. The van der Waals surface area contributed by atoms with E-state index < -0.39 is 0 Å². The van der Waals surface area contributed by atoms with E-state index in [4.69, 9.17) is 11.6 Å². The molecular formula is C6H17N5. The van der Waals surface area contributed by atoms with Crippen molar-refractivity contribution in [2.45, 2.75) is 13.0 Å². The average Bonchev–Trinajstić information content (AvgIpc) is 1.99. The van der Waals surface area contributed by atoms with Gasteiger partial charge in [-0.15, -0.1) is 0 Å². The van der Waals surface area contributed by atoms with Crippen LogP contribution in [-0.2, 0) is 0 Å². The number of rotatable bonds is 3. The van der Waals surface area contributed by atoms with Gasteiger partial charge in [0.05, 0.1) is 6.54 Å². The van der Waals surface area contributed by atoms with Gasteiger partial charge in [0.2, 0.25) is 5.96 Å². The summed E-state index contributed by atoms with van der Waals surface area (Å²) in [5.74, 6) is 5.29. The van der Waals surface area contributed by atoms with Crippen LogP contribution < -0.4 is 17.0 Å². The highest BCUT2D eigenvalue weighted by Gasteiger charge is 2.01. The van der Waals surface area contributed by atoms with E-state index in [0.29, 0.717) is 12.6 Å². The van der Waals surface area contributed by atoms with E-state index in [2.05, 4.69) is 22.2 Å². The zero-order valence-electron chi connectivity index (χ0n) is 7.33. The van der Waals surface area contributed by atoms with Crippen LogP contribution in [0.15, 0.2) is 4.99 Å². The number of hydrogen-bond donors (Lipinski definition) is 3. The predicted molar refractivity (Wildman–Crippen MR) is 47.0 cm³/mol. The van der Waals surface area contributed by atoms with Crippen molar-refractivity contribution in [2.75, 3.05) is 20.6 Å². The predicted octanol–water partition coefficient (Wildman–Crippen LogP) is -1.29. The van der Waals surface area contributed by atoms with Crippen LogP contribution in [0.25, 0.3) is 0 Å². The summed E-state index contributed by atoms with van der Waals surface area (Å²) >= 11 is 0. The molecule has 0 aromatic rings. The topological polar surface area (TPSA) is 79.7 Å².